The molecule has 1 N–H and O–H groups in total. The van der Waals surface area contributed by atoms with Crippen molar-refractivity contribution in [1.82, 2.24) is 10.3 Å². The van der Waals surface area contributed by atoms with Gasteiger partial charge in [-0.05, 0) is 37.9 Å². The van der Waals surface area contributed by atoms with Crippen molar-refractivity contribution in [3.05, 3.63) is 36.0 Å². The SMILES string of the molecule is CNCc1cc(OCC2CCOCC2)c2ccccc2n1. The fourth-order valence-corrected chi connectivity index (χ4v) is 2.71. The van der Waals surface area contributed by atoms with Gasteiger partial charge in [0.25, 0.3) is 0 Å². The van der Waals surface area contributed by atoms with Gasteiger partial charge in [0.2, 0.25) is 0 Å². The lowest BCUT2D eigenvalue weighted by Gasteiger charge is -2.22. The zero-order chi connectivity index (χ0) is 14.5. The number of benzene rings is 1. The van der Waals surface area contributed by atoms with Crippen LogP contribution in [0.5, 0.6) is 5.75 Å². The third-order valence-electron chi connectivity index (χ3n) is 3.90. The van der Waals surface area contributed by atoms with E-state index < -0.39 is 0 Å². The third-order valence-corrected chi connectivity index (χ3v) is 3.90. The van der Waals surface area contributed by atoms with Crippen molar-refractivity contribution in [2.75, 3.05) is 26.9 Å². The highest BCUT2D eigenvalue weighted by molar-refractivity contribution is 5.85. The van der Waals surface area contributed by atoms with E-state index in [0.717, 1.165) is 61.6 Å². The van der Waals surface area contributed by atoms with Crippen LogP contribution in [0.15, 0.2) is 30.3 Å². The van der Waals surface area contributed by atoms with Gasteiger partial charge in [-0.15, -0.1) is 0 Å². The van der Waals surface area contributed by atoms with E-state index in [1.165, 1.54) is 0 Å². The van der Waals surface area contributed by atoms with Crippen molar-refractivity contribution >= 4 is 10.9 Å². The van der Waals surface area contributed by atoms with E-state index in [4.69, 9.17) is 9.47 Å². The molecule has 112 valence electrons. The van der Waals surface area contributed by atoms with E-state index in [9.17, 15) is 0 Å². The van der Waals surface area contributed by atoms with Crippen molar-refractivity contribution in [2.45, 2.75) is 19.4 Å². The van der Waals surface area contributed by atoms with Gasteiger partial charge in [0.1, 0.15) is 5.75 Å². The lowest BCUT2D eigenvalue weighted by atomic mass is 10.0. The zero-order valence-electron chi connectivity index (χ0n) is 12.5. The number of nitrogens with one attached hydrogen (secondary N) is 1. The normalized spacial score (nSPS) is 16.2. The summed E-state index contributed by atoms with van der Waals surface area (Å²) in [6.45, 7) is 3.22. The second-order valence-corrected chi connectivity index (χ2v) is 5.53. The van der Waals surface area contributed by atoms with E-state index in [2.05, 4.69) is 22.4 Å². The van der Waals surface area contributed by atoms with Crippen molar-refractivity contribution in [3.63, 3.8) is 0 Å². The molecule has 2 heterocycles. The maximum atomic E-state index is 6.12. The lowest BCUT2D eigenvalue weighted by molar-refractivity contribution is 0.0500. The lowest BCUT2D eigenvalue weighted by Crippen LogP contribution is -2.21. The summed E-state index contributed by atoms with van der Waals surface area (Å²) >= 11 is 0. The molecule has 3 rings (SSSR count). The van der Waals surface area contributed by atoms with Crippen LogP contribution in [0.2, 0.25) is 0 Å². The monoisotopic (exact) mass is 286 g/mol. The number of nitrogens with zero attached hydrogens (tertiary/aromatic N) is 1. The van der Waals surface area contributed by atoms with Gasteiger partial charge in [-0.25, -0.2) is 0 Å². The third kappa shape index (κ3) is 3.52. The molecule has 1 aliphatic heterocycles. The maximum Gasteiger partial charge on any atom is 0.130 e. The molecule has 0 amide bonds. The van der Waals surface area contributed by atoms with Crippen LogP contribution in [0.3, 0.4) is 0 Å². The summed E-state index contributed by atoms with van der Waals surface area (Å²) in [4.78, 5) is 4.66. The van der Waals surface area contributed by atoms with Crippen molar-refractivity contribution < 1.29 is 9.47 Å². The molecule has 1 aromatic heterocycles. The quantitative estimate of drug-likeness (QED) is 0.918. The summed E-state index contributed by atoms with van der Waals surface area (Å²) in [6, 6.07) is 10.2. The maximum absolute atomic E-state index is 6.12. The molecule has 21 heavy (non-hydrogen) atoms. The van der Waals surface area contributed by atoms with E-state index in [1.807, 2.05) is 25.2 Å². The fraction of sp³-hybridized carbons (Fsp3) is 0.471. The molecule has 4 heteroatoms. The molecule has 0 aliphatic carbocycles. The van der Waals surface area contributed by atoms with Gasteiger partial charge in [-0.1, -0.05) is 12.1 Å². The Labute approximate surface area is 125 Å². The van der Waals surface area contributed by atoms with E-state index in [0.29, 0.717) is 5.92 Å². The number of ether oxygens (including phenoxy) is 2. The Morgan fingerprint density at radius 3 is 2.90 bits per heavy atom. The molecular formula is C17H22N2O2. The Morgan fingerprint density at radius 1 is 1.29 bits per heavy atom. The van der Waals surface area contributed by atoms with Crippen LogP contribution >= 0.6 is 0 Å². The molecule has 0 saturated carbocycles. The highest BCUT2D eigenvalue weighted by atomic mass is 16.5. The van der Waals surface area contributed by atoms with E-state index >= 15 is 0 Å². The van der Waals surface area contributed by atoms with Crippen LogP contribution < -0.4 is 10.1 Å². The van der Waals surface area contributed by atoms with Crippen LogP contribution in [-0.2, 0) is 11.3 Å². The number of rotatable bonds is 5. The van der Waals surface area contributed by atoms with Crippen LogP contribution in [-0.4, -0.2) is 31.9 Å². The Bertz CT molecular complexity index is 594. The minimum atomic E-state index is 0.596. The number of para-hydroxylation sites is 1. The zero-order valence-corrected chi connectivity index (χ0v) is 12.5. The minimum Gasteiger partial charge on any atom is -0.493 e. The Morgan fingerprint density at radius 2 is 2.10 bits per heavy atom. The molecule has 0 spiro atoms. The van der Waals surface area contributed by atoms with Gasteiger partial charge >= 0.3 is 0 Å². The molecule has 1 aliphatic rings. The first-order chi connectivity index (χ1) is 10.4. The molecule has 0 radical (unpaired) electrons. The van der Waals surface area contributed by atoms with E-state index in [-0.39, 0.29) is 0 Å². The predicted molar refractivity (Wildman–Crippen MR) is 83.5 cm³/mol. The van der Waals surface area contributed by atoms with Gasteiger partial charge in [-0.2, -0.15) is 0 Å². The molecular weight excluding hydrogens is 264 g/mol. The molecule has 1 fully saturated rings. The average Bonchev–Trinajstić information content (AvgIpc) is 2.54. The number of pyridine rings is 1. The number of hydrogen-bond donors (Lipinski definition) is 1. The molecule has 1 saturated heterocycles. The summed E-state index contributed by atoms with van der Waals surface area (Å²) in [5.41, 5.74) is 2.01. The van der Waals surface area contributed by atoms with Crippen molar-refractivity contribution in [1.29, 1.82) is 0 Å². The van der Waals surface area contributed by atoms with Gasteiger partial charge < -0.3 is 14.8 Å². The first kappa shape index (κ1) is 14.3. The molecule has 0 atom stereocenters. The summed E-state index contributed by atoms with van der Waals surface area (Å²) < 4.78 is 11.5. The Kier molecular flexibility index (Phi) is 4.68. The minimum absolute atomic E-state index is 0.596. The summed E-state index contributed by atoms with van der Waals surface area (Å²) in [7, 11) is 1.93. The Balaban J connectivity index is 1.81. The molecule has 1 aromatic carbocycles. The largest absolute Gasteiger partial charge is 0.493 e. The molecule has 0 unspecified atom stereocenters. The van der Waals surface area contributed by atoms with Crippen LogP contribution in [0.4, 0.5) is 0 Å². The van der Waals surface area contributed by atoms with Crippen molar-refractivity contribution in [2.24, 2.45) is 5.92 Å². The Hall–Kier alpha value is -1.65. The number of fused-ring (bicyclic) bond motifs is 1. The molecule has 2 aromatic rings. The molecule has 4 nitrogen and oxygen atoms in total. The van der Waals surface area contributed by atoms with E-state index in [1.54, 1.807) is 0 Å². The van der Waals surface area contributed by atoms with Gasteiger partial charge in [0.05, 0.1) is 17.8 Å². The summed E-state index contributed by atoms with van der Waals surface area (Å²) in [5, 5.41) is 4.23. The highest BCUT2D eigenvalue weighted by Gasteiger charge is 2.15. The first-order valence-electron chi connectivity index (χ1n) is 7.60. The second kappa shape index (κ2) is 6.87. The van der Waals surface area contributed by atoms with Gasteiger partial charge in [-0.3, -0.25) is 4.98 Å². The topological polar surface area (TPSA) is 43.4 Å². The number of hydrogen-bond acceptors (Lipinski definition) is 4. The van der Waals surface area contributed by atoms with Crippen LogP contribution in [0, 0.1) is 5.92 Å². The smallest absolute Gasteiger partial charge is 0.130 e. The van der Waals surface area contributed by atoms with Crippen LogP contribution in [0.25, 0.3) is 10.9 Å². The number of aromatic nitrogens is 1. The highest BCUT2D eigenvalue weighted by Crippen LogP contribution is 2.27. The fourth-order valence-electron chi connectivity index (χ4n) is 2.71. The molecule has 0 bridgehead atoms. The predicted octanol–water partition coefficient (Wildman–Crippen LogP) is 2.76. The summed E-state index contributed by atoms with van der Waals surface area (Å²) in [5.74, 6) is 1.54. The second-order valence-electron chi connectivity index (χ2n) is 5.53. The van der Waals surface area contributed by atoms with Gasteiger partial charge in [0.15, 0.2) is 0 Å². The van der Waals surface area contributed by atoms with Gasteiger partial charge in [0, 0.05) is 31.2 Å². The van der Waals surface area contributed by atoms with Crippen molar-refractivity contribution in [3.8, 4) is 5.75 Å². The van der Waals surface area contributed by atoms with Crippen LogP contribution in [0.1, 0.15) is 18.5 Å². The average molecular weight is 286 g/mol. The summed E-state index contributed by atoms with van der Waals surface area (Å²) in [6.07, 6.45) is 2.18. The standard InChI is InChI=1S/C17H22N2O2/c1-18-11-14-10-17(15-4-2-3-5-16(15)19-14)21-12-13-6-8-20-9-7-13/h2-5,10,13,18H,6-9,11-12H2,1H3. The first-order valence-corrected chi connectivity index (χ1v) is 7.60.